The molecule has 0 heterocycles. The molecule has 0 saturated carbocycles. The Bertz CT molecular complexity index is 605. The fourth-order valence-electron chi connectivity index (χ4n) is 2.45. The molecule has 0 rings (SSSR count). The van der Waals surface area contributed by atoms with Gasteiger partial charge < -0.3 is 5.11 Å². The molecular weight excluding hydrogens is 380 g/mol. The van der Waals surface area contributed by atoms with Gasteiger partial charge >= 0.3 is 23.0 Å². The maximum absolute atomic E-state index is 11.4. The maximum Gasteiger partial charge on any atom is 0.787 e. The van der Waals surface area contributed by atoms with E-state index in [9.17, 15) is 65.5 Å². The van der Waals surface area contributed by atoms with Gasteiger partial charge in [0.25, 0.3) is 0 Å². The molecule has 1 unspecified atom stereocenters. The molecule has 0 bridgehead atoms. The minimum absolute atomic E-state index is 0.277. The molecule has 0 aromatic rings. The molecule has 0 fully saturated rings. The molecule has 144 valence electrons. The van der Waals surface area contributed by atoms with Crippen LogP contribution in [0, 0.1) is 60.7 Å². The molecule has 1 atom stereocenters. The zero-order valence-corrected chi connectivity index (χ0v) is 12.1. The van der Waals surface area contributed by atoms with Crippen molar-refractivity contribution in [2.45, 2.75) is 30.3 Å². The first-order valence-corrected chi connectivity index (χ1v) is 5.77. The Morgan fingerprint density at radius 2 is 1.04 bits per heavy atom. The number of nitro groups is 6. The summed E-state index contributed by atoms with van der Waals surface area (Å²) in [6, 6.07) is 0. The topological polar surface area (TPSA) is 296 Å². The fourth-order valence-corrected chi connectivity index (χ4v) is 2.45. The third-order valence-electron chi connectivity index (χ3n) is 3.55. The number of carboxylic acid groups (broad SMARTS) is 1. The van der Waals surface area contributed by atoms with Crippen molar-refractivity contribution in [1.29, 1.82) is 0 Å². The van der Waals surface area contributed by atoms with Crippen molar-refractivity contribution >= 4 is 5.97 Å². The van der Waals surface area contributed by atoms with Crippen LogP contribution in [0.25, 0.3) is 0 Å². The lowest BCUT2D eigenvalue weighted by molar-refractivity contribution is -1.03. The van der Waals surface area contributed by atoms with Gasteiger partial charge in [-0.3, -0.25) is 60.7 Å². The third-order valence-corrected chi connectivity index (χ3v) is 3.55. The van der Waals surface area contributed by atoms with Crippen molar-refractivity contribution in [3.8, 4) is 0 Å². The summed E-state index contributed by atoms with van der Waals surface area (Å²) in [4.78, 5) is 63.0. The zero-order chi connectivity index (χ0) is 21.2. The van der Waals surface area contributed by atoms with Crippen LogP contribution in [0.15, 0.2) is 0 Å². The second-order valence-corrected chi connectivity index (χ2v) is 4.37. The largest absolute Gasteiger partial charge is 0.787 e. The Hall–Kier alpha value is -4.13. The summed E-state index contributed by atoms with van der Waals surface area (Å²) >= 11 is 0. The average molecular weight is 386 g/mol. The van der Waals surface area contributed by atoms with E-state index in [1.807, 2.05) is 0 Å². The Balaban J connectivity index is 8.06. The number of carboxylic acids is 1. The van der Waals surface area contributed by atoms with Gasteiger partial charge in [0.1, 0.15) is 9.85 Å². The molecule has 20 heteroatoms. The lowest BCUT2D eigenvalue weighted by Gasteiger charge is -2.25. The monoisotopic (exact) mass is 386 g/mol. The van der Waals surface area contributed by atoms with E-state index in [2.05, 4.69) is 0 Å². The lowest BCUT2D eigenvalue weighted by Crippen LogP contribution is -2.85. The van der Waals surface area contributed by atoms with Crippen LogP contribution >= 0.6 is 0 Å². The number of nitrogens with zero attached hydrogens (tertiary/aromatic N) is 6. The highest BCUT2D eigenvalue weighted by Crippen LogP contribution is 2.44. The molecule has 0 radical (unpaired) electrons. The van der Waals surface area contributed by atoms with Gasteiger partial charge in [0.2, 0.25) is 0 Å². The highest BCUT2D eigenvalue weighted by Gasteiger charge is 3.10. The van der Waals surface area contributed by atoms with Crippen LogP contribution < -0.4 is 0 Å². The lowest BCUT2D eigenvalue weighted by atomic mass is 9.76. The predicted molar refractivity (Wildman–Crippen MR) is 68.1 cm³/mol. The Kier molecular flexibility index (Phi) is 5.39. The van der Waals surface area contributed by atoms with Crippen LogP contribution in [0.2, 0.25) is 0 Å². The van der Waals surface area contributed by atoms with E-state index in [4.69, 9.17) is 5.11 Å². The number of aliphatic carboxylic acids is 1. The van der Waals surface area contributed by atoms with Gasteiger partial charge in [-0.05, 0) is 0 Å². The van der Waals surface area contributed by atoms with E-state index in [1.165, 1.54) is 0 Å². The number of carbonyl (C=O) groups is 1. The average Bonchev–Trinajstić information content (AvgIpc) is 2.43. The van der Waals surface area contributed by atoms with Crippen LogP contribution in [0.1, 0.15) is 13.3 Å². The molecule has 0 aliphatic rings. The Labute approximate surface area is 137 Å². The van der Waals surface area contributed by atoms with Gasteiger partial charge in [-0.2, -0.15) is 0 Å². The predicted octanol–water partition coefficient (Wildman–Crippen LogP) is -1.77. The highest BCUT2D eigenvalue weighted by molar-refractivity contribution is 5.77. The Morgan fingerprint density at radius 3 is 1.15 bits per heavy atom. The number of hydrogen-bond donors (Lipinski definition) is 1. The van der Waals surface area contributed by atoms with Crippen molar-refractivity contribution in [2.75, 3.05) is 0 Å². The number of rotatable bonds is 10. The van der Waals surface area contributed by atoms with Crippen LogP contribution in [-0.4, -0.2) is 57.6 Å². The summed E-state index contributed by atoms with van der Waals surface area (Å²) in [5.41, 5.74) is -10.4. The molecule has 26 heavy (non-hydrogen) atoms. The quantitative estimate of drug-likeness (QED) is 0.247. The van der Waals surface area contributed by atoms with Crippen LogP contribution in [-0.2, 0) is 4.79 Å². The fraction of sp³-hybridized carbons (Fsp3) is 0.833. The van der Waals surface area contributed by atoms with E-state index in [1.54, 1.807) is 0 Å². The highest BCUT2D eigenvalue weighted by atomic mass is 16.8. The van der Waals surface area contributed by atoms with Gasteiger partial charge in [0.05, 0.1) is 11.3 Å². The van der Waals surface area contributed by atoms with Crippen molar-refractivity contribution < 1.29 is 39.4 Å². The molecule has 0 amide bonds. The van der Waals surface area contributed by atoms with Crippen LogP contribution in [0.5, 0.6) is 0 Å². The van der Waals surface area contributed by atoms with Crippen molar-refractivity contribution in [3.05, 3.63) is 60.7 Å². The van der Waals surface area contributed by atoms with E-state index in [0.717, 1.165) is 0 Å². The summed E-state index contributed by atoms with van der Waals surface area (Å²) < 4.78 is 0. The normalized spacial score (nSPS) is 13.9. The van der Waals surface area contributed by atoms with E-state index < -0.39 is 58.9 Å². The van der Waals surface area contributed by atoms with Gasteiger partial charge in [-0.15, -0.1) is 0 Å². The molecular formula is C6H6N6O14. The van der Waals surface area contributed by atoms with Crippen molar-refractivity contribution in [2.24, 2.45) is 0 Å². The third kappa shape index (κ3) is 2.04. The first-order valence-electron chi connectivity index (χ1n) is 5.77. The van der Waals surface area contributed by atoms with E-state index in [0.29, 0.717) is 0 Å². The second-order valence-electron chi connectivity index (χ2n) is 4.37. The van der Waals surface area contributed by atoms with Gasteiger partial charge in [0, 0.05) is 0 Å². The summed E-state index contributed by atoms with van der Waals surface area (Å²) in [7, 11) is 0. The van der Waals surface area contributed by atoms with Gasteiger partial charge in [-0.1, -0.05) is 6.92 Å². The van der Waals surface area contributed by atoms with Gasteiger partial charge in [-0.25, -0.2) is 4.79 Å². The molecule has 0 aliphatic heterocycles. The SMILES string of the molecule is CCC([N+](=O)[O-])(C(C(=O)O)([N+](=O)[O-])[N+](=O)[O-])C([N+](=O)[O-])([N+](=O)[O-])[N+](=O)[O-]. The van der Waals surface area contributed by atoms with E-state index in [-0.39, 0.29) is 6.92 Å². The molecule has 20 nitrogen and oxygen atoms in total. The maximum atomic E-state index is 11.4. The number of hydrogen-bond acceptors (Lipinski definition) is 13. The van der Waals surface area contributed by atoms with Gasteiger partial charge in [0.15, 0.2) is 14.8 Å². The molecule has 0 aliphatic carbocycles. The molecule has 0 aromatic carbocycles. The molecule has 0 saturated heterocycles. The van der Waals surface area contributed by atoms with Crippen molar-refractivity contribution in [3.63, 3.8) is 0 Å². The first-order chi connectivity index (χ1) is 11.7. The second kappa shape index (κ2) is 6.40. The Morgan fingerprint density at radius 1 is 0.731 bits per heavy atom. The minimum Gasteiger partial charge on any atom is -0.470 e. The summed E-state index contributed by atoms with van der Waals surface area (Å²) in [5.74, 6) is -8.84. The molecule has 0 spiro atoms. The zero-order valence-electron chi connectivity index (χ0n) is 12.1. The van der Waals surface area contributed by atoms with Crippen molar-refractivity contribution in [1.82, 2.24) is 0 Å². The summed E-state index contributed by atoms with van der Waals surface area (Å²) in [5, 5.41) is 75.9. The standard InChI is InChI=1S/C6H6N6O14/c1-2-4(7(15)16,5(3(13)14,8(17)18)9(19)20)6(10(21)22,11(23)24)12(25)26/h2H2,1H3,(H,13,14). The first kappa shape index (κ1) is 21.9. The molecule has 0 aromatic heterocycles. The van der Waals surface area contributed by atoms with Crippen LogP contribution in [0.3, 0.4) is 0 Å². The van der Waals surface area contributed by atoms with Crippen LogP contribution in [0.4, 0.5) is 0 Å². The summed E-state index contributed by atoms with van der Waals surface area (Å²) in [6.07, 6.45) is -2.02. The minimum atomic E-state index is -5.48. The molecule has 1 N–H and O–H groups in total. The van der Waals surface area contributed by atoms with E-state index >= 15 is 0 Å². The smallest absolute Gasteiger partial charge is 0.470 e. The summed E-state index contributed by atoms with van der Waals surface area (Å²) in [6.45, 7) is 0.277.